The van der Waals surface area contributed by atoms with Gasteiger partial charge in [0.05, 0.1) is 0 Å². The van der Waals surface area contributed by atoms with Gasteiger partial charge in [-0.15, -0.1) is 0 Å². The maximum Gasteiger partial charge on any atom is 0.124 e. The van der Waals surface area contributed by atoms with E-state index in [0.29, 0.717) is 0 Å². The van der Waals surface area contributed by atoms with Gasteiger partial charge < -0.3 is 10.2 Å². The molecule has 0 aliphatic carbocycles. The van der Waals surface area contributed by atoms with Gasteiger partial charge in [0.2, 0.25) is 0 Å². The zero-order valence-electron chi connectivity index (χ0n) is 13.0. The maximum atomic E-state index is 10.4. The van der Waals surface area contributed by atoms with Crippen molar-refractivity contribution in [3.05, 3.63) is 84.9 Å². The zero-order chi connectivity index (χ0) is 16.5. The first-order valence-electron chi connectivity index (χ1n) is 7.84. The molecule has 0 spiro atoms. The van der Waals surface area contributed by atoms with E-state index in [1.807, 2.05) is 72.8 Å². The third-order valence-electron chi connectivity index (χ3n) is 4.28. The monoisotopic (exact) mass is 312 g/mol. The average Bonchev–Trinajstić information content (AvgIpc) is 2.63. The zero-order valence-corrected chi connectivity index (χ0v) is 13.0. The summed E-state index contributed by atoms with van der Waals surface area (Å²) in [5.41, 5.74) is 3.46. The first kappa shape index (κ1) is 14.3. The molecular weight excluding hydrogens is 296 g/mol. The SMILES string of the molecule is Oc1ccc2c(-c3ccccc3)c(O)ccc2c1-c1ccccc1. The van der Waals surface area contributed by atoms with E-state index >= 15 is 0 Å². The second-order valence-corrected chi connectivity index (χ2v) is 5.75. The molecule has 4 aromatic rings. The van der Waals surface area contributed by atoms with Gasteiger partial charge >= 0.3 is 0 Å². The maximum absolute atomic E-state index is 10.4. The highest BCUT2D eigenvalue weighted by Crippen LogP contribution is 2.43. The fourth-order valence-corrected chi connectivity index (χ4v) is 3.20. The summed E-state index contributed by atoms with van der Waals surface area (Å²) in [5, 5.41) is 22.7. The molecule has 4 aromatic carbocycles. The molecule has 0 aliphatic rings. The fraction of sp³-hybridized carbons (Fsp3) is 0. The van der Waals surface area contributed by atoms with Crippen LogP contribution in [0.3, 0.4) is 0 Å². The van der Waals surface area contributed by atoms with E-state index < -0.39 is 0 Å². The highest BCUT2D eigenvalue weighted by Gasteiger charge is 2.15. The second-order valence-electron chi connectivity index (χ2n) is 5.75. The van der Waals surface area contributed by atoms with Crippen molar-refractivity contribution >= 4 is 10.8 Å². The molecule has 0 bridgehead atoms. The van der Waals surface area contributed by atoms with E-state index in [4.69, 9.17) is 0 Å². The molecule has 0 saturated heterocycles. The Hall–Kier alpha value is -3.26. The van der Waals surface area contributed by atoms with Crippen molar-refractivity contribution in [2.45, 2.75) is 0 Å². The first-order chi connectivity index (χ1) is 11.8. The summed E-state index contributed by atoms with van der Waals surface area (Å²) < 4.78 is 0. The van der Waals surface area contributed by atoms with Gasteiger partial charge in [0.25, 0.3) is 0 Å². The minimum Gasteiger partial charge on any atom is -0.507 e. The van der Waals surface area contributed by atoms with Crippen LogP contribution in [0.5, 0.6) is 11.5 Å². The summed E-state index contributed by atoms with van der Waals surface area (Å²) in [6, 6.07) is 26.7. The van der Waals surface area contributed by atoms with E-state index in [2.05, 4.69) is 0 Å². The van der Waals surface area contributed by atoms with Crippen LogP contribution < -0.4 is 0 Å². The van der Waals surface area contributed by atoms with Gasteiger partial charge in [-0.1, -0.05) is 60.7 Å². The molecule has 24 heavy (non-hydrogen) atoms. The Morgan fingerprint density at radius 1 is 0.417 bits per heavy atom. The number of fused-ring (bicyclic) bond motifs is 1. The topological polar surface area (TPSA) is 40.5 Å². The molecule has 2 nitrogen and oxygen atoms in total. The van der Waals surface area contributed by atoms with Crippen LogP contribution in [-0.2, 0) is 0 Å². The summed E-state index contributed by atoms with van der Waals surface area (Å²) in [6.45, 7) is 0. The Kier molecular flexibility index (Phi) is 3.43. The molecule has 0 radical (unpaired) electrons. The van der Waals surface area contributed by atoms with E-state index in [1.165, 1.54) is 0 Å². The normalized spacial score (nSPS) is 10.8. The van der Waals surface area contributed by atoms with Gasteiger partial charge in [-0.2, -0.15) is 0 Å². The number of phenolic OH excluding ortho intramolecular Hbond substituents is 2. The smallest absolute Gasteiger partial charge is 0.124 e. The first-order valence-corrected chi connectivity index (χ1v) is 7.84. The van der Waals surface area contributed by atoms with Crippen molar-refractivity contribution < 1.29 is 10.2 Å². The van der Waals surface area contributed by atoms with Gasteiger partial charge in [-0.05, 0) is 46.2 Å². The van der Waals surface area contributed by atoms with Crippen LogP contribution in [0.4, 0.5) is 0 Å². The molecule has 0 fully saturated rings. The number of hydrogen-bond donors (Lipinski definition) is 2. The van der Waals surface area contributed by atoms with Crippen LogP contribution >= 0.6 is 0 Å². The minimum atomic E-state index is 0.235. The Labute approximate surface area is 140 Å². The Morgan fingerprint density at radius 3 is 1.17 bits per heavy atom. The lowest BCUT2D eigenvalue weighted by Crippen LogP contribution is -1.87. The van der Waals surface area contributed by atoms with Gasteiger partial charge in [-0.25, -0.2) is 0 Å². The van der Waals surface area contributed by atoms with E-state index in [0.717, 1.165) is 33.0 Å². The lowest BCUT2D eigenvalue weighted by molar-refractivity contribution is 0.476. The molecule has 0 heterocycles. The number of rotatable bonds is 2. The quantitative estimate of drug-likeness (QED) is 0.507. The summed E-state index contributed by atoms with van der Waals surface area (Å²) in [6.07, 6.45) is 0. The Balaban J connectivity index is 2.09. The van der Waals surface area contributed by atoms with Crippen molar-refractivity contribution in [2.24, 2.45) is 0 Å². The second kappa shape index (κ2) is 5.74. The highest BCUT2D eigenvalue weighted by molar-refractivity contribution is 6.08. The van der Waals surface area contributed by atoms with E-state index in [-0.39, 0.29) is 11.5 Å². The molecule has 0 saturated carbocycles. The summed E-state index contributed by atoms with van der Waals surface area (Å²) >= 11 is 0. The van der Waals surface area contributed by atoms with Gasteiger partial charge in [0, 0.05) is 11.1 Å². The molecular formula is C22H16O2. The molecule has 0 aliphatic heterocycles. The molecule has 0 aromatic heterocycles. The Bertz CT molecular complexity index is 921. The molecule has 0 unspecified atom stereocenters. The summed E-state index contributed by atoms with van der Waals surface area (Å²) in [7, 11) is 0. The average molecular weight is 312 g/mol. The number of aromatic hydroxyl groups is 2. The number of hydrogen-bond acceptors (Lipinski definition) is 2. The van der Waals surface area contributed by atoms with E-state index in [1.54, 1.807) is 12.1 Å². The van der Waals surface area contributed by atoms with Gasteiger partial charge in [0.15, 0.2) is 0 Å². The van der Waals surface area contributed by atoms with Gasteiger partial charge in [0.1, 0.15) is 11.5 Å². The lowest BCUT2D eigenvalue weighted by atomic mass is 9.91. The molecule has 0 amide bonds. The Morgan fingerprint density at radius 2 is 0.792 bits per heavy atom. The van der Waals surface area contributed by atoms with Crippen LogP contribution in [0.2, 0.25) is 0 Å². The van der Waals surface area contributed by atoms with E-state index in [9.17, 15) is 10.2 Å². The number of benzene rings is 4. The van der Waals surface area contributed by atoms with Crippen molar-refractivity contribution in [1.82, 2.24) is 0 Å². The lowest BCUT2D eigenvalue weighted by Gasteiger charge is -2.14. The van der Waals surface area contributed by atoms with Crippen LogP contribution in [-0.4, -0.2) is 10.2 Å². The molecule has 2 heteroatoms. The van der Waals surface area contributed by atoms with Crippen LogP contribution in [0.15, 0.2) is 84.9 Å². The largest absolute Gasteiger partial charge is 0.507 e. The predicted molar refractivity (Wildman–Crippen MR) is 98.1 cm³/mol. The molecule has 4 rings (SSSR count). The van der Waals surface area contributed by atoms with Crippen LogP contribution in [0.25, 0.3) is 33.0 Å². The fourth-order valence-electron chi connectivity index (χ4n) is 3.20. The third kappa shape index (κ3) is 2.29. The summed E-state index contributed by atoms with van der Waals surface area (Å²) in [5.74, 6) is 0.469. The minimum absolute atomic E-state index is 0.235. The molecule has 2 N–H and O–H groups in total. The standard InChI is InChI=1S/C22H16O2/c23-19-13-12-18-17(21(19)15-7-3-1-4-8-15)11-14-20(24)22(18)16-9-5-2-6-10-16/h1-14,23-24H. The molecule has 116 valence electrons. The molecule has 0 atom stereocenters. The van der Waals surface area contributed by atoms with Crippen LogP contribution in [0.1, 0.15) is 0 Å². The van der Waals surface area contributed by atoms with Crippen molar-refractivity contribution in [3.63, 3.8) is 0 Å². The van der Waals surface area contributed by atoms with Crippen molar-refractivity contribution in [1.29, 1.82) is 0 Å². The highest BCUT2D eigenvalue weighted by atomic mass is 16.3. The van der Waals surface area contributed by atoms with Crippen molar-refractivity contribution in [3.8, 4) is 33.8 Å². The third-order valence-corrected chi connectivity index (χ3v) is 4.28. The van der Waals surface area contributed by atoms with Gasteiger partial charge in [-0.3, -0.25) is 0 Å². The van der Waals surface area contributed by atoms with Crippen LogP contribution in [0, 0.1) is 0 Å². The number of phenols is 2. The van der Waals surface area contributed by atoms with Crippen molar-refractivity contribution in [2.75, 3.05) is 0 Å². The summed E-state index contributed by atoms with van der Waals surface area (Å²) in [4.78, 5) is 0. The predicted octanol–water partition coefficient (Wildman–Crippen LogP) is 5.59.